The summed E-state index contributed by atoms with van der Waals surface area (Å²) in [5, 5.41) is 11.2. The van der Waals surface area contributed by atoms with Gasteiger partial charge in [-0.1, -0.05) is 12.1 Å². The van der Waals surface area contributed by atoms with Gasteiger partial charge in [0.05, 0.1) is 27.2 Å². The number of nitrogens with zero attached hydrogens (tertiary/aromatic N) is 1. The van der Waals surface area contributed by atoms with Crippen molar-refractivity contribution >= 4 is 24.6 Å². The summed E-state index contributed by atoms with van der Waals surface area (Å²) in [6.45, 7) is 7.45. The van der Waals surface area contributed by atoms with Crippen LogP contribution in [0.5, 0.6) is 0 Å². The third-order valence-corrected chi connectivity index (χ3v) is 3.92. The quantitative estimate of drug-likeness (QED) is 0.363. The Morgan fingerprint density at radius 3 is 2.20 bits per heavy atom. The lowest BCUT2D eigenvalue weighted by molar-refractivity contribution is -0.383. The van der Waals surface area contributed by atoms with Crippen LogP contribution >= 0.6 is 0 Å². The van der Waals surface area contributed by atoms with E-state index in [1.807, 2.05) is 27.7 Å². The molecule has 106 valence electrons. The molecule has 0 radical (unpaired) electrons. The van der Waals surface area contributed by atoms with Crippen LogP contribution in [0.1, 0.15) is 38.1 Å². The van der Waals surface area contributed by atoms with Crippen LogP contribution in [0.15, 0.2) is 18.2 Å². The molecular formula is C13H16BNO5. The van der Waals surface area contributed by atoms with Crippen molar-refractivity contribution in [2.45, 2.75) is 38.9 Å². The number of rotatable bonds is 3. The molecule has 0 aliphatic carbocycles. The van der Waals surface area contributed by atoms with E-state index in [1.165, 1.54) is 6.07 Å². The number of aldehydes is 1. The van der Waals surface area contributed by atoms with Gasteiger partial charge < -0.3 is 9.31 Å². The molecule has 1 heterocycles. The standard InChI is InChI=1S/C13H16BNO5/c1-12(2)13(3,4)20-14(19-12)10-7-5-6-9(8-16)11(10)15(17)18/h5-8H,1-4H3. The Balaban J connectivity index is 2.50. The maximum Gasteiger partial charge on any atom is 0.501 e. The van der Waals surface area contributed by atoms with Crippen molar-refractivity contribution in [2.75, 3.05) is 0 Å². The molecule has 0 unspecified atom stereocenters. The maximum absolute atomic E-state index is 11.2. The van der Waals surface area contributed by atoms with Crippen molar-refractivity contribution in [2.24, 2.45) is 0 Å². The smallest absolute Gasteiger partial charge is 0.399 e. The lowest BCUT2D eigenvalue weighted by atomic mass is 9.77. The van der Waals surface area contributed by atoms with Crippen LogP contribution in [0, 0.1) is 10.1 Å². The van der Waals surface area contributed by atoms with Crippen LogP contribution in [0.3, 0.4) is 0 Å². The maximum atomic E-state index is 11.2. The molecule has 7 heteroatoms. The molecule has 0 amide bonds. The zero-order valence-electron chi connectivity index (χ0n) is 11.9. The first-order valence-corrected chi connectivity index (χ1v) is 6.28. The van der Waals surface area contributed by atoms with Gasteiger partial charge in [0.15, 0.2) is 6.29 Å². The molecule has 1 aliphatic rings. The topological polar surface area (TPSA) is 78.7 Å². The molecule has 20 heavy (non-hydrogen) atoms. The van der Waals surface area contributed by atoms with Crippen LogP contribution in [-0.4, -0.2) is 29.5 Å². The summed E-state index contributed by atoms with van der Waals surface area (Å²) in [4.78, 5) is 21.6. The van der Waals surface area contributed by atoms with Crippen LogP contribution in [0.25, 0.3) is 0 Å². The Bertz CT molecular complexity index is 554. The van der Waals surface area contributed by atoms with E-state index in [4.69, 9.17) is 9.31 Å². The van der Waals surface area contributed by atoms with Crippen molar-refractivity contribution in [1.29, 1.82) is 0 Å². The Morgan fingerprint density at radius 1 is 1.20 bits per heavy atom. The second-order valence-corrected chi connectivity index (χ2v) is 5.75. The molecule has 0 spiro atoms. The number of nitro groups is 1. The summed E-state index contributed by atoms with van der Waals surface area (Å²) in [6, 6.07) is 4.53. The fraction of sp³-hybridized carbons (Fsp3) is 0.462. The van der Waals surface area contributed by atoms with Gasteiger partial charge in [-0.2, -0.15) is 0 Å². The highest BCUT2D eigenvalue weighted by Crippen LogP contribution is 2.37. The van der Waals surface area contributed by atoms with Crippen LogP contribution in [-0.2, 0) is 9.31 Å². The second kappa shape index (κ2) is 4.68. The number of carbonyl (C=O) groups excluding carboxylic acids is 1. The molecule has 0 N–H and O–H groups in total. The third kappa shape index (κ3) is 2.23. The first kappa shape index (κ1) is 14.7. The number of carbonyl (C=O) groups is 1. The van der Waals surface area contributed by atoms with Gasteiger partial charge in [-0.15, -0.1) is 0 Å². The zero-order chi connectivity index (χ0) is 15.1. The SMILES string of the molecule is CC1(C)OB(c2cccc(C=O)c2[N+](=O)[O-])OC1(C)C. The number of benzene rings is 1. The second-order valence-electron chi connectivity index (χ2n) is 5.75. The van der Waals surface area contributed by atoms with Crippen molar-refractivity contribution in [3.05, 3.63) is 33.9 Å². The Kier molecular flexibility index (Phi) is 3.43. The van der Waals surface area contributed by atoms with Gasteiger partial charge in [0.2, 0.25) is 0 Å². The summed E-state index contributed by atoms with van der Waals surface area (Å²) < 4.78 is 11.6. The van der Waals surface area contributed by atoms with Crippen LogP contribution < -0.4 is 5.46 Å². The first-order valence-electron chi connectivity index (χ1n) is 6.28. The van der Waals surface area contributed by atoms with Crippen molar-refractivity contribution in [3.63, 3.8) is 0 Å². The van der Waals surface area contributed by atoms with Gasteiger partial charge in [-0.05, 0) is 33.8 Å². The molecule has 1 saturated heterocycles. The third-order valence-electron chi connectivity index (χ3n) is 3.92. The summed E-state index contributed by atoms with van der Waals surface area (Å²) in [5.41, 5.74) is -1.17. The van der Waals surface area contributed by atoms with Crippen molar-refractivity contribution in [3.8, 4) is 0 Å². The molecule has 1 aromatic carbocycles. The average molecular weight is 277 g/mol. The van der Waals surface area contributed by atoms with E-state index < -0.39 is 23.2 Å². The molecular weight excluding hydrogens is 261 g/mol. The molecule has 0 atom stereocenters. The minimum absolute atomic E-state index is 0.0159. The fourth-order valence-electron chi connectivity index (χ4n) is 2.05. The monoisotopic (exact) mass is 277 g/mol. The summed E-state index contributed by atoms with van der Waals surface area (Å²) >= 11 is 0. The predicted octanol–water partition coefficient (Wildman–Crippen LogP) is 1.71. The van der Waals surface area contributed by atoms with Crippen LogP contribution in [0.4, 0.5) is 5.69 Å². The molecule has 1 aliphatic heterocycles. The normalized spacial score (nSPS) is 19.9. The van der Waals surface area contributed by atoms with E-state index in [0.29, 0.717) is 6.29 Å². The zero-order valence-corrected chi connectivity index (χ0v) is 11.9. The van der Waals surface area contributed by atoms with Crippen LogP contribution in [0.2, 0.25) is 0 Å². The molecule has 2 rings (SSSR count). The predicted molar refractivity (Wildman–Crippen MR) is 74.2 cm³/mol. The Hall–Kier alpha value is -1.73. The fourth-order valence-corrected chi connectivity index (χ4v) is 2.05. The minimum atomic E-state index is -0.861. The number of hydrogen-bond acceptors (Lipinski definition) is 5. The number of hydrogen-bond donors (Lipinski definition) is 0. The van der Waals surface area contributed by atoms with Gasteiger partial charge in [0.1, 0.15) is 0 Å². The van der Waals surface area contributed by atoms with Gasteiger partial charge in [0.25, 0.3) is 5.69 Å². The molecule has 1 fully saturated rings. The number of para-hydroxylation sites is 1. The van der Waals surface area contributed by atoms with E-state index in [1.54, 1.807) is 12.1 Å². The van der Waals surface area contributed by atoms with Gasteiger partial charge in [-0.3, -0.25) is 14.9 Å². The van der Waals surface area contributed by atoms with Gasteiger partial charge >= 0.3 is 7.12 Å². The summed E-state index contributed by atoms with van der Waals surface area (Å²) in [5.74, 6) is 0. The molecule has 0 bridgehead atoms. The largest absolute Gasteiger partial charge is 0.501 e. The van der Waals surface area contributed by atoms with E-state index >= 15 is 0 Å². The first-order chi connectivity index (χ1) is 9.19. The minimum Gasteiger partial charge on any atom is -0.399 e. The lowest BCUT2D eigenvalue weighted by Crippen LogP contribution is -2.41. The van der Waals surface area contributed by atoms with Gasteiger partial charge in [-0.25, -0.2) is 0 Å². The van der Waals surface area contributed by atoms with Crippen molar-refractivity contribution in [1.82, 2.24) is 0 Å². The molecule has 0 saturated carbocycles. The summed E-state index contributed by atoms with van der Waals surface area (Å²) in [6.07, 6.45) is 0.465. The molecule has 0 aromatic heterocycles. The van der Waals surface area contributed by atoms with E-state index in [-0.39, 0.29) is 16.7 Å². The van der Waals surface area contributed by atoms with E-state index in [0.717, 1.165) is 0 Å². The highest BCUT2D eigenvalue weighted by atomic mass is 16.7. The number of nitro benzene ring substituents is 1. The Labute approximate surface area is 117 Å². The van der Waals surface area contributed by atoms with E-state index in [9.17, 15) is 14.9 Å². The molecule has 1 aromatic rings. The van der Waals surface area contributed by atoms with E-state index in [2.05, 4.69) is 0 Å². The molecule has 6 nitrogen and oxygen atoms in total. The summed E-state index contributed by atoms with van der Waals surface area (Å²) in [7, 11) is -0.861. The Morgan fingerprint density at radius 2 is 1.75 bits per heavy atom. The van der Waals surface area contributed by atoms with Crippen molar-refractivity contribution < 1.29 is 19.0 Å². The lowest BCUT2D eigenvalue weighted by Gasteiger charge is -2.32. The van der Waals surface area contributed by atoms with Gasteiger partial charge in [0, 0.05) is 0 Å². The average Bonchev–Trinajstić information content (AvgIpc) is 2.57. The highest BCUT2D eigenvalue weighted by molar-refractivity contribution is 6.63. The highest BCUT2D eigenvalue weighted by Gasteiger charge is 2.53.